The molecular weight excluding hydrogens is 264 g/mol. The predicted molar refractivity (Wildman–Crippen MR) is 80.9 cm³/mol. The molecular formula is C16H26N4O. The van der Waals surface area contributed by atoms with Gasteiger partial charge in [0.25, 0.3) is 0 Å². The highest BCUT2D eigenvalue weighted by Gasteiger charge is 2.38. The van der Waals surface area contributed by atoms with Crippen LogP contribution in [-0.4, -0.2) is 46.8 Å². The molecule has 4 heterocycles. The summed E-state index contributed by atoms with van der Waals surface area (Å²) in [5.41, 5.74) is 7.74. The van der Waals surface area contributed by atoms with Crippen LogP contribution in [0.5, 0.6) is 0 Å². The molecule has 5 nitrogen and oxygen atoms in total. The van der Waals surface area contributed by atoms with Crippen molar-refractivity contribution >= 4 is 0 Å². The van der Waals surface area contributed by atoms with Gasteiger partial charge in [-0.05, 0) is 32.2 Å². The van der Waals surface area contributed by atoms with Crippen LogP contribution < -0.4 is 5.73 Å². The van der Waals surface area contributed by atoms with Crippen LogP contribution in [-0.2, 0) is 4.74 Å². The number of nitrogens with zero attached hydrogens (tertiary/aromatic N) is 3. The van der Waals surface area contributed by atoms with Gasteiger partial charge in [0.2, 0.25) is 0 Å². The Morgan fingerprint density at radius 2 is 2.14 bits per heavy atom. The van der Waals surface area contributed by atoms with Gasteiger partial charge < -0.3 is 15.0 Å². The van der Waals surface area contributed by atoms with Crippen molar-refractivity contribution in [3.8, 4) is 0 Å². The van der Waals surface area contributed by atoms with Crippen LogP contribution in [0.15, 0.2) is 12.5 Å². The van der Waals surface area contributed by atoms with Crippen molar-refractivity contribution in [3.63, 3.8) is 0 Å². The number of piperidine rings is 1. The van der Waals surface area contributed by atoms with Crippen LogP contribution in [0.3, 0.4) is 0 Å². The van der Waals surface area contributed by atoms with E-state index < -0.39 is 0 Å². The van der Waals surface area contributed by atoms with Crippen LogP contribution in [0.1, 0.15) is 49.9 Å². The molecule has 0 saturated carbocycles. The van der Waals surface area contributed by atoms with Crippen molar-refractivity contribution in [3.05, 3.63) is 18.2 Å². The summed E-state index contributed by atoms with van der Waals surface area (Å²) in [7, 11) is 0. The molecule has 116 valence electrons. The van der Waals surface area contributed by atoms with Crippen molar-refractivity contribution in [1.82, 2.24) is 14.5 Å². The van der Waals surface area contributed by atoms with E-state index in [0.29, 0.717) is 18.0 Å². The first kappa shape index (κ1) is 13.7. The number of fused-ring (bicyclic) bond motifs is 1. The van der Waals surface area contributed by atoms with Gasteiger partial charge in [-0.3, -0.25) is 4.90 Å². The predicted octanol–water partition coefficient (Wildman–Crippen LogP) is 1.72. The Labute approximate surface area is 126 Å². The third kappa shape index (κ3) is 2.41. The molecule has 1 aromatic rings. The van der Waals surface area contributed by atoms with Gasteiger partial charge in [0.05, 0.1) is 30.7 Å². The molecule has 3 aliphatic heterocycles. The summed E-state index contributed by atoms with van der Waals surface area (Å²) >= 11 is 0. The maximum atomic E-state index is 6.53. The molecule has 21 heavy (non-hydrogen) atoms. The third-order valence-corrected chi connectivity index (χ3v) is 5.69. The fourth-order valence-corrected chi connectivity index (χ4v) is 4.47. The molecule has 0 aliphatic carbocycles. The fourth-order valence-electron chi connectivity index (χ4n) is 4.47. The number of imidazole rings is 1. The Bertz CT molecular complexity index is 482. The zero-order chi connectivity index (χ0) is 14.2. The smallest absolute Gasteiger partial charge is 0.0951 e. The Morgan fingerprint density at radius 1 is 1.19 bits per heavy atom. The lowest BCUT2D eigenvalue weighted by molar-refractivity contribution is 0.169. The van der Waals surface area contributed by atoms with Gasteiger partial charge in [-0.25, -0.2) is 4.98 Å². The Morgan fingerprint density at radius 3 is 3.00 bits per heavy atom. The van der Waals surface area contributed by atoms with Gasteiger partial charge in [-0.15, -0.1) is 0 Å². The highest BCUT2D eigenvalue weighted by atomic mass is 16.5. The highest BCUT2D eigenvalue weighted by Crippen LogP contribution is 2.37. The van der Waals surface area contributed by atoms with Crippen molar-refractivity contribution in [2.45, 2.75) is 50.2 Å². The summed E-state index contributed by atoms with van der Waals surface area (Å²) < 4.78 is 7.90. The second kappa shape index (κ2) is 5.71. The minimum Gasteiger partial charge on any atom is -0.381 e. The minimum atomic E-state index is 0.0626. The van der Waals surface area contributed by atoms with E-state index in [1.807, 2.05) is 12.5 Å². The quantitative estimate of drug-likeness (QED) is 0.921. The highest BCUT2D eigenvalue weighted by molar-refractivity contribution is 5.11. The second-order valence-electron chi connectivity index (χ2n) is 6.83. The average Bonchev–Trinajstić information content (AvgIpc) is 3.25. The number of nitrogens with two attached hydrogens (primary N) is 1. The normalized spacial score (nSPS) is 35.0. The first-order valence-corrected chi connectivity index (χ1v) is 8.43. The van der Waals surface area contributed by atoms with E-state index >= 15 is 0 Å². The van der Waals surface area contributed by atoms with E-state index in [1.165, 1.54) is 44.5 Å². The summed E-state index contributed by atoms with van der Waals surface area (Å²) in [5, 5.41) is 0. The van der Waals surface area contributed by atoms with E-state index in [1.54, 1.807) is 0 Å². The van der Waals surface area contributed by atoms with Gasteiger partial charge in [0.1, 0.15) is 0 Å². The first-order valence-electron chi connectivity index (χ1n) is 8.43. The maximum absolute atomic E-state index is 6.53. The van der Waals surface area contributed by atoms with Crippen LogP contribution in [0.4, 0.5) is 0 Å². The zero-order valence-electron chi connectivity index (χ0n) is 12.7. The molecule has 1 aromatic heterocycles. The molecule has 4 atom stereocenters. The topological polar surface area (TPSA) is 56.3 Å². The van der Waals surface area contributed by atoms with E-state index in [2.05, 4.69) is 14.5 Å². The molecule has 0 aromatic carbocycles. The number of rotatable bonds is 3. The summed E-state index contributed by atoms with van der Waals surface area (Å²) in [6.07, 6.45) is 10.4. The molecule has 2 N–H and O–H groups in total. The Hall–Kier alpha value is -0.910. The molecule has 3 saturated heterocycles. The summed E-state index contributed by atoms with van der Waals surface area (Å²) in [6, 6.07) is 1.32. The fraction of sp³-hybridized carbons (Fsp3) is 0.812. The molecule has 0 amide bonds. The van der Waals surface area contributed by atoms with Crippen LogP contribution in [0, 0.1) is 5.92 Å². The standard InChI is InChI=1S/C16H26N4O/c17-16(12-5-8-21-10-12)15-9-18-11-20(15)14-4-7-19-6-2-1-3-13(14)19/h9,11-14,16H,1-8,10,17H2. The van der Waals surface area contributed by atoms with Gasteiger partial charge in [-0.1, -0.05) is 6.42 Å². The summed E-state index contributed by atoms with van der Waals surface area (Å²) in [4.78, 5) is 7.09. The van der Waals surface area contributed by atoms with E-state index in [0.717, 1.165) is 19.6 Å². The number of hydrogen-bond donors (Lipinski definition) is 1. The number of ether oxygens (including phenoxy) is 1. The lowest BCUT2D eigenvalue weighted by Gasteiger charge is -2.34. The molecule has 4 unspecified atom stereocenters. The lowest BCUT2D eigenvalue weighted by Crippen LogP contribution is -2.38. The van der Waals surface area contributed by atoms with Crippen molar-refractivity contribution in [2.24, 2.45) is 11.7 Å². The SMILES string of the molecule is NC(c1cncn1C1CCN2CCCCC12)C1CCOC1. The Balaban J connectivity index is 1.57. The van der Waals surface area contributed by atoms with E-state index in [-0.39, 0.29) is 6.04 Å². The molecule has 3 fully saturated rings. The lowest BCUT2D eigenvalue weighted by atomic mass is 9.95. The molecule has 0 radical (unpaired) electrons. The average molecular weight is 290 g/mol. The van der Waals surface area contributed by atoms with Crippen LogP contribution in [0.25, 0.3) is 0 Å². The van der Waals surface area contributed by atoms with Gasteiger partial charge >= 0.3 is 0 Å². The van der Waals surface area contributed by atoms with Crippen LogP contribution >= 0.6 is 0 Å². The maximum Gasteiger partial charge on any atom is 0.0951 e. The number of aromatic nitrogens is 2. The third-order valence-electron chi connectivity index (χ3n) is 5.69. The van der Waals surface area contributed by atoms with Crippen molar-refractivity contribution < 1.29 is 4.74 Å². The van der Waals surface area contributed by atoms with Crippen molar-refractivity contribution in [2.75, 3.05) is 26.3 Å². The molecule has 5 heteroatoms. The van der Waals surface area contributed by atoms with Gasteiger partial charge in [-0.2, -0.15) is 0 Å². The van der Waals surface area contributed by atoms with Crippen molar-refractivity contribution in [1.29, 1.82) is 0 Å². The van der Waals surface area contributed by atoms with Crippen LogP contribution in [0.2, 0.25) is 0 Å². The minimum absolute atomic E-state index is 0.0626. The summed E-state index contributed by atoms with van der Waals surface area (Å²) in [5.74, 6) is 0.448. The van der Waals surface area contributed by atoms with Gasteiger partial charge in [0.15, 0.2) is 0 Å². The molecule has 3 aliphatic rings. The Kier molecular flexibility index (Phi) is 3.73. The monoisotopic (exact) mass is 290 g/mol. The van der Waals surface area contributed by atoms with Gasteiger partial charge in [0, 0.05) is 31.3 Å². The van der Waals surface area contributed by atoms with E-state index in [4.69, 9.17) is 10.5 Å². The second-order valence-corrected chi connectivity index (χ2v) is 6.83. The molecule has 0 spiro atoms. The molecule has 0 bridgehead atoms. The zero-order valence-corrected chi connectivity index (χ0v) is 12.7. The number of hydrogen-bond acceptors (Lipinski definition) is 4. The summed E-state index contributed by atoms with van der Waals surface area (Å²) in [6.45, 7) is 4.15. The molecule has 4 rings (SSSR count). The van der Waals surface area contributed by atoms with E-state index in [9.17, 15) is 0 Å². The first-order chi connectivity index (χ1) is 10.3. The largest absolute Gasteiger partial charge is 0.381 e.